The molecule has 150 heavy (non-hydrogen) atoms. The molecule has 0 aromatic carbocycles. The van der Waals surface area contributed by atoms with Gasteiger partial charge >= 0.3 is 10.4 Å². The van der Waals surface area contributed by atoms with Crippen LogP contribution < -0.4 is 26.6 Å². The second-order valence-corrected chi connectivity index (χ2v) is 38.9. The van der Waals surface area contributed by atoms with Gasteiger partial charge in [-0.3, -0.25) is 28.5 Å². The number of aliphatic hydroxyl groups is 30. The van der Waals surface area contributed by atoms with Crippen LogP contribution >= 0.6 is 0 Å². The van der Waals surface area contributed by atoms with Crippen LogP contribution in [0.5, 0.6) is 0 Å². The molecule has 12 rings (SSSR count). The van der Waals surface area contributed by atoms with Crippen molar-refractivity contribution in [1.82, 2.24) is 26.6 Å². The number of carbonyl (C=O) groups is 5. The zero-order chi connectivity index (χ0) is 111. The Morgan fingerprint density at radius 3 is 0.913 bits per heavy atom. The standard InChI is InChI=1S/C82H137N5O62S/c1-18-40(100)51(111)57(117)76(129-18)126-15-32-63(48(108)35(71(122)131-32)83-20(3)95)141-73-37(85-22(5)97)49(109)62(30(13-93)137-73)142-80-61(121)68(147-82-70(56(116)46(106)29(12-92)136-82)149-74-38(86-23(6)98)50(110)64(34(139-74)17-128-150(123,124)125)143-78-59(119)53(113)43(103)26(9-89)133-78)66(144-72-36(84-21(4)96)47(107)42(102)25(8-88)132-72)33(140-80)16-127-81-69(55(115)45(105)28(11-91)135-81)148-75-39(87-24(7)99)67(146-77-58(118)52(112)41(101)19(2)130-77)65(31(14-94)138-75)145-79-60(120)54(114)44(104)27(10-90)134-79/h18-19,25-82,88-94,100-122H,8-17H2,1-7H3,(H,83,95)(H,84,96)(H,85,97)(H,86,98)(H,87,99)(H,123,124,125)/t18-,19-,25+,26+,27+,28+,29+,30+,31+,32+,33+,34+,35+,36+,37+,38+,39+,40+,41+,42+,43-,44-,45+,46+,47+,48+,49+,50+,51+,52+,53-,54-,55-,56-,57-,58-,59+,60+,61-,62+,63+,64+,65+,66+,67+,68+,69-,70-,71+,72-,73-,74-,75-,76+,77-,78-,79-,80-,81-,82+/m0/s1. The number of ether oxygens (including phenoxy) is 23. The quantitative estimate of drug-likeness (QED) is 0.0254. The normalized spacial score (nSPS) is 48.9. The molecule has 0 saturated carbocycles. The van der Waals surface area contributed by atoms with Crippen molar-refractivity contribution in [3.63, 3.8) is 0 Å². The van der Waals surface area contributed by atoms with Crippen LogP contribution in [0.3, 0.4) is 0 Å². The molecule has 0 aliphatic carbocycles. The van der Waals surface area contributed by atoms with Crippen molar-refractivity contribution in [3.05, 3.63) is 0 Å². The van der Waals surface area contributed by atoms with Crippen LogP contribution in [0.2, 0.25) is 0 Å². The molecule has 0 radical (unpaired) electrons. The summed E-state index contributed by atoms with van der Waals surface area (Å²) < 4.78 is 181. The van der Waals surface area contributed by atoms with E-state index < -0.39 is 474 Å². The van der Waals surface area contributed by atoms with Gasteiger partial charge in [0.05, 0.1) is 78.3 Å². The summed E-state index contributed by atoms with van der Waals surface area (Å²) in [5.41, 5.74) is 0. The Labute approximate surface area is 849 Å². The van der Waals surface area contributed by atoms with E-state index in [1.165, 1.54) is 13.8 Å². The molecule has 68 heteroatoms. The lowest BCUT2D eigenvalue weighted by Crippen LogP contribution is -2.72. The lowest BCUT2D eigenvalue weighted by Gasteiger charge is -2.52. The summed E-state index contributed by atoms with van der Waals surface area (Å²) in [6.45, 7) is -6.13. The third-order valence-corrected chi connectivity index (χ3v) is 27.6. The molecular weight excluding hydrogens is 2080 g/mol. The van der Waals surface area contributed by atoms with Gasteiger partial charge in [-0.15, -0.1) is 0 Å². The lowest BCUT2D eigenvalue weighted by molar-refractivity contribution is -0.409. The van der Waals surface area contributed by atoms with Crippen molar-refractivity contribution in [3.8, 4) is 0 Å². The van der Waals surface area contributed by atoms with E-state index in [0.29, 0.717) is 0 Å². The minimum Gasteiger partial charge on any atom is -0.394 e. The topological polar surface area (TPSA) is 1030 Å². The molecule has 0 bridgehead atoms. The van der Waals surface area contributed by atoms with E-state index in [1.807, 2.05) is 0 Å². The zero-order valence-corrected chi connectivity index (χ0v) is 81.5. The second kappa shape index (κ2) is 53.4. The highest BCUT2D eigenvalue weighted by atomic mass is 32.3. The first-order valence-electron chi connectivity index (χ1n) is 47.5. The first kappa shape index (κ1) is 124. The van der Waals surface area contributed by atoms with E-state index in [-0.39, 0.29) is 0 Å². The molecular formula is C82H137N5O62S. The Morgan fingerprint density at radius 1 is 0.220 bits per heavy atom. The molecule has 868 valence electrons. The number of nitrogens with one attached hydrogen (secondary N) is 5. The van der Waals surface area contributed by atoms with Crippen LogP contribution in [0.4, 0.5) is 0 Å². The summed E-state index contributed by atoms with van der Waals surface area (Å²) in [7, 11) is -5.65. The van der Waals surface area contributed by atoms with Crippen molar-refractivity contribution in [2.24, 2.45) is 0 Å². The van der Waals surface area contributed by atoms with E-state index in [0.717, 1.165) is 34.6 Å². The molecule has 60 atom stereocenters. The number of hydrogen-bond acceptors (Lipinski definition) is 61. The molecule has 12 saturated heterocycles. The van der Waals surface area contributed by atoms with Crippen molar-refractivity contribution in [1.29, 1.82) is 0 Å². The van der Waals surface area contributed by atoms with E-state index in [9.17, 15) is 190 Å². The molecule has 12 aliphatic rings. The first-order valence-corrected chi connectivity index (χ1v) is 48.9. The summed E-state index contributed by atoms with van der Waals surface area (Å²) in [5, 5.41) is 354. The smallest absolute Gasteiger partial charge is 0.394 e. The molecule has 0 aromatic heterocycles. The molecule has 12 heterocycles. The highest BCUT2D eigenvalue weighted by molar-refractivity contribution is 7.80. The monoisotopic (exact) mass is 2220 g/mol. The fourth-order valence-electron chi connectivity index (χ4n) is 19.2. The van der Waals surface area contributed by atoms with Crippen LogP contribution in [0.25, 0.3) is 0 Å². The summed E-state index contributed by atoms with van der Waals surface area (Å²) in [6, 6.07) is -10.7. The fraction of sp³-hybridized carbons (Fsp3) is 0.939. The molecule has 12 aliphatic heterocycles. The Bertz CT molecular complexity index is 4380. The summed E-state index contributed by atoms with van der Waals surface area (Å²) in [4.78, 5) is 66.9. The minimum absolute atomic E-state index is 0.804. The van der Waals surface area contributed by atoms with Crippen LogP contribution in [0.15, 0.2) is 0 Å². The zero-order valence-electron chi connectivity index (χ0n) is 80.6. The van der Waals surface area contributed by atoms with Gasteiger partial charge in [0, 0.05) is 34.6 Å². The average molecular weight is 2220 g/mol. The Morgan fingerprint density at radius 2 is 0.473 bits per heavy atom. The third-order valence-electron chi connectivity index (χ3n) is 27.2. The molecule has 0 spiro atoms. The molecule has 0 aromatic rings. The minimum atomic E-state index is -5.65. The lowest BCUT2D eigenvalue weighted by atomic mass is 9.93. The van der Waals surface area contributed by atoms with E-state index >= 15 is 0 Å². The van der Waals surface area contributed by atoms with Crippen molar-refractivity contribution >= 4 is 39.9 Å². The maximum Gasteiger partial charge on any atom is 0.397 e. The van der Waals surface area contributed by atoms with Crippen LogP contribution in [-0.4, -0.2) is 630 Å². The van der Waals surface area contributed by atoms with Gasteiger partial charge in [-0.25, -0.2) is 4.18 Å². The Hall–Kier alpha value is -4.90. The van der Waals surface area contributed by atoms with Crippen LogP contribution in [-0.2, 0) is 148 Å². The van der Waals surface area contributed by atoms with E-state index in [1.54, 1.807) is 0 Å². The summed E-state index contributed by atoms with van der Waals surface area (Å²) >= 11 is 0. The van der Waals surface area contributed by atoms with Crippen molar-refractivity contribution in [2.45, 2.75) is 417 Å². The molecule has 67 nitrogen and oxygen atoms in total. The maximum atomic E-state index is 13.8. The van der Waals surface area contributed by atoms with Gasteiger partial charge < -0.3 is 289 Å². The van der Waals surface area contributed by atoms with Gasteiger partial charge in [0.25, 0.3) is 0 Å². The number of amides is 5. The molecule has 5 amide bonds. The third kappa shape index (κ3) is 28.0. The second-order valence-electron chi connectivity index (χ2n) is 37.9. The predicted molar refractivity (Wildman–Crippen MR) is 461 cm³/mol. The molecule has 12 fully saturated rings. The fourth-order valence-corrected chi connectivity index (χ4v) is 19.5. The first-order chi connectivity index (χ1) is 70.6. The highest BCUT2D eigenvalue weighted by Gasteiger charge is 2.65. The molecule has 0 unspecified atom stereocenters. The van der Waals surface area contributed by atoms with E-state index in [4.69, 9.17) is 109 Å². The number of aliphatic hydroxyl groups excluding tert-OH is 30. The Kier molecular flexibility index (Phi) is 44.0. The summed E-state index contributed by atoms with van der Waals surface area (Å²) in [6.07, 6.45) is -124. The highest BCUT2D eigenvalue weighted by Crippen LogP contribution is 2.44. The maximum absolute atomic E-state index is 13.8. The number of carbonyl (C=O) groups excluding carboxylic acids is 5. The predicted octanol–water partition coefficient (Wildman–Crippen LogP) is -24.6. The van der Waals surface area contributed by atoms with Crippen LogP contribution in [0.1, 0.15) is 48.5 Å². The van der Waals surface area contributed by atoms with Gasteiger partial charge in [0.2, 0.25) is 29.5 Å². The largest absolute Gasteiger partial charge is 0.397 e. The van der Waals surface area contributed by atoms with Gasteiger partial charge in [-0.2, -0.15) is 8.42 Å². The van der Waals surface area contributed by atoms with Crippen molar-refractivity contribution < 1.29 is 303 Å². The number of rotatable bonds is 39. The van der Waals surface area contributed by atoms with Gasteiger partial charge in [0.1, 0.15) is 280 Å². The SMILES string of the molecule is CC(=O)N[C@@H]1[C@@H](O)[C@H](O[C@@H]2O[C@H](CO)[C@@H](O[C@@H]3O[C@H](CO[C@H]4O[C@H](CO)[C@@H](O)[C@H](O)[C@@H]4O[C@@H]4O[C@H](CO)[C@@H](O[C@@H]5O[C@H](CO)[C@H](O)[C@H](O)[C@H]5O)[C@H](O[C@@H]5O[C@@H](C)[C@@H](O)[C@@H](O)[C@@H]5O)[C@H]4NC(C)=O)[C@@H](O[C@@H]4O[C@H](CO)[C@@H](O)[C@H](O)[C@H]4NC(C)=O)[C@H](O[C@H]4O[C@H](CO)[C@@H](O)[C@H](O)[C@@H]4O[C@@H]4O[C@H](COS(=O)(=O)O)[C@@H](O[C@@H]5O[C@H](CO)[C@H](O)[C@H](O)[C@H]5O)[C@H](O)[C@H]4NC(C)=O)[C@@H]3O)[C@H](O)[C@H]2NC(C)=O)[C@@H](CO[C@@H]2O[C@@H](C)[C@@H](O)[C@@H](O)[C@@H]2O)O[C@H]1O. The van der Waals surface area contributed by atoms with E-state index in [2.05, 4.69) is 30.8 Å². The van der Waals surface area contributed by atoms with Crippen LogP contribution in [0, 0.1) is 0 Å². The van der Waals surface area contributed by atoms with Gasteiger partial charge in [-0.1, -0.05) is 0 Å². The van der Waals surface area contributed by atoms with Gasteiger partial charge in [-0.05, 0) is 13.8 Å². The Balaban J connectivity index is 0.989. The number of hydrogen-bond donors (Lipinski definition) is 36. The molecule has 36 N–H and O–H groups in total. The van der Waals surface area contributed by atoms with Crippen molar-refractivity contribution in [2.75, 3.05) is 66.1 Å². The summed E-state index contributed by atoms with van der Waals surface area (Å²) in [5.74, 6) is -5.35. The average Bonchev–Trinajstić information content (AvgIpc) is 0.755. The van der Waals surface area contributed by atoms with Gasteiger partial charge in [0.15, 0.2) is 75.5 Å².